The number of benzene rings is 1. The molecule has 1 aromatic heterocycles. The molecular formula is C15H16N2O2. The van der Waals surface area contributed by atoms with Gasteiger partial charge in [0.05, 0.1) is 0 Å². The van der Waals surface area contributed by atoms with Gasteiger partial charge in [-0.3, -0.25) is 0 Å². The molecule has 98 valence electrons. The maximum Gasteiger partial charge on any atom is 0.354 e. The molecule has 0 fully saturated rings. The second-order valence-corrected chi connectivity index (χ2v) is 5.01. The molecule has 0 spiro atoms. The van der Waals surface area contributed by atoms with Gasteiger partial charge in [-0.15, -0.1) is 0 Å². The van der Waals surface area contributed by atoms with Gasteiger partial charge in [0.25, 0.3) is 0 Å². The number of rotatable bonds is 2. The molecule has 0 saturated heterocycles. The Labute approximate surface area is 111 Å². The molecule has 0 bridgehead atoms. The molecule has 19 heavy (non-hydrogen) atoms. The summed E-state index contributed by atoms with van der Waals surface area (Å²) in [5.74, 6) is 0.00968. The van der Waals surface area contributed by atoms with Crippen molar-refractivity contribution in [1.82, 2.24) is 9.55 Å². The highest BCUT2D eigenvalue weighted by molar-refractivity contribution is 5.93. The molecule has 0 atom stereocenters. The fourth-order valence-corrected chi connectivity index (χ4v) is 2.61. The number of fused-ring (bicyclic) bond motifs is 1. The normalized spacial score (nSPS) is 14.2. The second-order valence-electron chi connectivity index (χ2n) is 5.01. The quantitative estimate of drug-likeness (QED) is 0.898. The smallest absolute Gasteiger partial charge is 0.354 e. The zero-order valence-corrected chi connectivity index (χ0v) is 10.9. The maximum absolute atomic E-state index is 11.5. The highest BCUT2D eigenvalue weighted by Gasteiger charge is 2.24. The van der Waals surface area contributed by atoms with Crippen LogP contribution in [0.25, 0.3) is 11.3 Å². The fourth-order valence-electron chi connectivity index (χ4n) is 2.61. The number of hydrogen-bond donors (Lipinski definition) is 1. The molecular weight excluding hydrogens is 240 g/mol. The first kappa shape index (κ1) is 12.0. The summed E-state index contributed by atoms with van der Waals surface area (Å²) in [5.41, 5.74) is 2.97. The van der Waals surface area contributed by atoms with Gasteiger partial charge in [-0.1, -0.05) is 29.8 Å². The summed E-state index contributed by atoms with van der Waals surface area (Å²) < 4.78 is 1.86. The number of carboxylic acid groups (broad SMARTS) is 1. The minimum absolute atomic E-state index is 0.332. The van der Waals surface area contributed by atoms with E-state index in [1.807, 2.05) is 35.8 Å². The van der Waals surface area contributed by atoms with E-state index in [0.717, 1.165) is 42.8 Å². The van der Waals surface area contributed by atoms with E-state index in [-0.39, 0.29) is 0 Å². The Hall–Kier alpha value is -2.10. The van der Waals surface area contributed by atoms with Crippen LogP contribution < -0.4 is 0 Å². The van der Waals surface area contributed by atoms with Gasteiger partial charge in [0, 0.05) is 18.5 Å². The van der Waals surface area contributed by atoms with Crippen LogP contribution in [0.15, 0.2) is 24.3 Å². The largest absolute Gasteiger partial charge is 0.477 e. The van der Waals surface area contributed by atoms with E-state index in [1.54, 1.807) is 0 Å². The van der Waals surface area contributed by atoms with Crippen molar-refractivity contribution in [3.63, 3.8) is 0 Å². The van der Waals surface area contributed by atoms with Crippen LogP contribution in [0.2, 0.25) is 0 Å². The van der Waals surface area contributed by atoms with Crippen LogP contribution in [0.5, 0.6) is 0 Å². The minimum Gasteiger partial charge on any atom is -0.477 e. The highest BCUT2D eigenvalue weighted by atomic mass is 16.4. The predicted molar refractivity (Wildman–Crippen MR) is 72.3 cm³/mol. The first-order valence-corrected chi connectivity index (χ1v) is 6.56. The average molecular weight is 256 g/mol. The second kappa shape index (κ2) is 4.53. The number of aromatic nitrogens is 2. The summed E-state index contributed by atoms with van der Waals surface area (Å²) in [6, 6.07) is 7.85. The number of imidazole rings is 1. The van der Waals surface area contributed by atoms with Crippen molar-refractivity contribution < 1.29 is 9.90 Å². The third-order valence-electron chi connectivity index (χ3n) is 3.61. The monoisotopic (exact) mass is 256 g/mol. The van der Waals surface area contributed by atoms with Crippen molar-refractivity contribution >= 4 is 5.97 Å². The Morgan fingerprint density at radius 2 is 2.00 bits per heavy atom. The van der Waals surface area contributed by atoms with Crippen molar-refractivity contribution in [3.05, 3.63) is 41.3 Å². The Bertz CT molecular complexity index is 626. The van der Waals surface area contributed by atoms with Gasteiger partial charge >= 0.3 is 5.97 Å². The van der Waals surface area contributed by atoms with Crippen LogP contribution in [0, 0.1) is 6.92 Å². The molecule has 0 aliphatic carbocycles. The Balaban J connectivity index is 2.17. The van der Waals surface area contributed by atoms with Gasteiger partial charge in [-0.25, -0.2) is 9.78 Å². The zero-order valence-electron chi connectivity index (χ0n) is 10.9. The van der Waals surface area contributed by atoms with E-state index in [0.29, 0.717) is 11.4 Å². The van der Waals surface area contributed by atoms with Crippen LogP contribution in [-0.2, 0) is 13.0 Å². The first-order valence-electron chi connectivity index (χ1n) is 6.56. The van der Waals surface area contributed by atoms with Crippen LogP contribution in [0.1, 0.15) is 34.7 Å². The van der Waals surface area contributed by atoms with E-state index >= 15 is 0 Å². The molecule has 0 unspecified atom stereocenters. The number of aryl methyl sites for hydroxylation is 2. The lowest BCUT2D eigenvalue weighted by atomic mass is 10.1. The van der Waals surface area contributed by atoms with E-state index in [2.05, 4.69) is 4.98 Å². The van der Waals surface area contributed by atoms with Gasteiger partial charge in [-0.05, 0) is 19.8 Å². The van der Waals surface area contributed by atoms with E-state index < -0.39 is 5.97 Å². The number of hydrogen-bond acceptors (Lipinski definition) is 2. The van der Waals surface area contributed by atoms with Crippen LogP contribution in [0.3, 0.4) is 0 Å². The molecule has 1 aliphatic rings. The maximum atomic E-state index is 11.5. The van der Waals surface area contributed by atoms with Gasteiger partial charge < -0.3 is 9.67 Å². The lowest BCUT2D eigenvalue weighted by Gasteiger charge is -2.14. The Morgan fingerprint density at radius 3 is 2.68 bits per heavy atom. The lowest BCUT2D eigenvalue weighted by Crippen LogP contribution is -2.16. The van der Waals surface area contributed by atoms with E-state index in [4.69, 9.17) is 0 Å². The van der Waals surface area contributed by atoms with Crippen molar-refractivity contribution in [1.29, 1.82) is 0 Å². The third-order valence-corrected chi connectivity index (χ3v) is 3.61. The molecule has 4 nitrogen and oxygen atoms in total. The molecule has 0 saturated carbocycles. The summed E-state index contributed by atoms with van der Waals surface area (Å²) in [6.07, 6.45) is 2.98. The molecule has 2 heterocycles. The Kier molecular flexibility index (Phi) is 2.85. The highest BCUT2D eigenvalue weighted by Crippen LogP contribution is 2.27. The van der Waals surface area contributed by atoms with Gasteiger partial charge in [0.2, 0.25) is 0 Å². The molecule has 2 aromatic rings. The number of carboxylic acids is 1. The third kappa shape index (κ3) is 2.03. The number of aromatic carboxylic acids is 1. The molecule has 0 amide bonds. The zero-order chi connectivity index (χ0) is 13.4. The van der Waals surface area contributed by atoms with Crippen LogP contribution >= 0.6 is 0 Å². The molecule has 4 heteroatoms. The molecule has 1 aliphatic heterocycles. The summed E-state index contributed by atoms with van der Waals surface area (Å²) in [4.78, 5) is 16.1. The van der Waals surface area contributed by atoms with Crippen LogP contribution in [0.4, 0.5) is 0 Å². The minimum atomic E-state index is -0.892. The van der Waals surface area contributed by atoms with E-state index in [1.165, 1.54) is 0 Å². The number of nitrogens with zero attached hydrogens (tertiary/aromatic N) is 2. The predicted octanol–water partition coefficient (Wildman–Crippen LogP) is 2.89. The molecule has 1 N–H and O–H groups in total. The van der Waals surface area contributed by atoms with Crippen molar-refractivity contribution in [2.45, 2.75) is 32.7 Å². The first-order chi connectivity index (χ1) is 9.16. The van der Waals surface area contributed by atoms with Gasteiger partial charge in [0.15, 0.2) is 5.69 Å². The number of carbonyl (C=O) groups is 1. The Morgan fingerprint density at radius 1 is 1.26 bits per heavy atom. The summed E-state index contributed by atoms with van der Waals surface area (Å²) in [5, 5.41) is 9.47. The van der Waals surface area contributed by atoms with Gasteiger partial charge in [-0.2, -0.15) is 0 Å². The standard InChI is InChI=1S/C15H16N2O2/c1-10-5-7-11(8-6-10)13-14(15(18)19)17-9-3-2-4-12(17)16-13/h5-8H,2-4,9H2,1H3,(H,18,19). The van der Waals surface area contributed by atoms with Crippen LogP contribution in [-0.4, -0.2) is 20.6 Å². The topological polar surface area (TPSA) is 55.1 Å². The molecule has 1 aromatic carbocycles. The van der Waals surface area contributed by atoms with Crippen molar-refractivity contribution in [2.24, 2.45) is 0 Å². The summed E-state index contributed by atoms with van der Waals surface area (Å²) in [7, 11) is 0. The average Bonchev–Trinajstić information content (AvgIpc) is 2.78. The van der Waals surface area contributed by atoms with Crippen molar-refractivity contribution in [2.75, 3.05) is 0 Å². The molecule has 0 radical (unpaired) electrons. The molecule has 3 rings (SSSR count). The summed E-state index contributed by atoms with van der Waals surface area (Å²) >= 11 is 0. The summed E-state index contributed by atoms with van der Waals surface area (Å²) in [6.45, 7) is 2.77. The fraction of sp³-hybridized carbons (Fsp3) is 0.333. The van der Waals surface area contributed by atoms with Crippen molar-refractivity contribution in [3.8, 4) is 11.3 Å². The lowest BCUT2D eigenvalue weighted by molar-refractivity contribution is 0.0684. The van der Waals surface area contributed by atoms with Gasteiger partial charge in [0.1, 0.15) is 11.5 Å². The van der Waals surface area contributed by atoms with E-state index in [9.17, 15) is 9.90 Å². The SMILES string of the molecule is Cc1ccc(-c2nc3n(c2C(=O)O)CCCC3)cc1.